The second kappa shape index (κ2) is 2.67. The van der Waals surface area contributed by atoms with Crippen LogP contribution in [0.3, 0.4) is 0 Å². The summed E-state index contributed by atoms with van der Waals surface area (Å²) in [5.74, 6) is 0. The summed E-state index contributed by atoms with van der Waals surface area (Å²) in [4.78, 5) is 8.50. The first-order valence-electron chi connectivity index (χ1n) is 2.18. The number of aromatic nitrogens is 2. The summed E-state index contributed by atoms with van der Waals surface area (Å²) in [6, 6.07) is 0. The van der Waals surface area contributed by atoms with Crippen LogP contribution in [0, 0.1) is 0 Å². The van der Waals surface area contributed by atoms with Crippen LogP contribution >= 0.6 is 15.9 Å². The molecule has 1 N–H and O–H groups in total. The highest BCUT2D eigenvalue weighted by Gasteiger charge is 1.80. The van der Waals surface area contributed by atoms with E-state index >= 15 is 0 Å². The van der Waals surface area contributed by atoms with Crippen molar-refractivity contribution in [1.82, 2.24) is 9.97 Å². The molecule has 1 aromatic rings. The van der Waals surface area contributed by atoms with Crippen LogP contribution in [0.5, 0.6) is 0 Å². The SMILES string of the molecule is Br/C=C/c1cnc[nH]1. The molecule has 0 atom stereocenters. The van der Waals surface area contributed by atoms with Gasteiger partial charge in [-0.15, -0.1) is 0 Å². The lowest BCUT2D eigenvalue weighted by molar-refractivity contribution is 1.31. The van der Waals surface area contributed by atoms with Gasteiger partial charge in [-0.05, 0) is 11.1 Å². The maximum Gasteiger partial charge on any atom is 0.0924 e. The Hall–Kier alpha value is -0.570. The monoisotopic (exact) mass is 172 g/mol. The number of nitrogens with one attached hydrogen (secondary N) is 1. The van der Waals surface area contributed by atoms with Crippen LogP contribution in [0.25, 0.3) is 6.08 Å². The maximum atomic E-state index is 3.81. The maximum absolute atomic E-state index is 3.81. The van der Waals surface area contributed by atoms with Crippen LogP contribution < -0.4 is 0 Å². The Bertz CT molecular complexity index is 167. The molecule has 0 aliphatic rings. The number of aromatic amines is 1. The van der Waals surface area contributed by atoms with Gasteiger partial charge in [-0.3, -0.25) is 0 Å². The van der Waals surface area contributed by atoms with Crippen molar-refractivity contribution in [1.29, 1.82) is 0 Å². The van der Waals surface area contributed by atoms with Gasteiger partial charge in [0, 0.05) is 0 Å². The summed E-state index contributed by atoms with van der Waals surface area (Å²) in [6.45, 7) is 0. The van der Waals surface area contributed by atoms with Gasteiger partial charge in [0.25, 0.3) is 0 Å². The lowest BCUT2D eigenvalue weighted by atomic mass is 10.5. The number of nitrogens with zero attached hydrogens (tertiary/aromatic N) is 1. The average molecular weight is 173 g/mol. The molecule has 1 rings (SSSR count). The molecule has 2 nitrogen and oxygen atoms in total. The average Bonchev–Trinajstić information content (AvgIpc) is 2.19. The minimum atomic E-state index is 1.00. The number of hydrogen-bond acceptors (Lipinski definition) is 1. The quantitative estimate of drug-likeness (QED) is 0.688. The first-order chi connectivity index (χ1) is 3.93. The van der Waals surface area contributed by atoms with Gasteiger partial charge in [-0.2, -0.15) is 0 Å². The van der Waals surface area contributed by atoms with Crippen molar-refractivity contribution >= 4 is 22.0 Å². The van der Waals surface area contributed by atoms with Crippen LogP contribution in [-0.4, -0.2) is 9.97 Å². The molecule has 0 aliphatic carbocycles. The third-order valence-corrected chi connectivity index (χ3v) is 1.03. The van der Waals surface area contributed by atoms with Crippen LogP contribution in [0.2, 0.25) is 0 Å². The largest absolute Gasteiger partial charge is 0.345 e. The number of rotatable bonds is 1. The molecule has 0 saturated heterocycles. The zero-order chi connectivity index (χ0) is 5.82. The first-order valence-corrected chi connectivity index (χ1v) is 3.10. The molecule has 0 amide bonds. The number of hydrogen-bond donors (Lipinski definition) is 1. The highest BCUT2D eigenvalue weighted by atomic mass is 79.9. The summed E-state index contributed by atoms with van der Waals surface area (Å²) in [6.07, 6.45) is 5.27. The standard InChI is InChI=1S/C5H5BrN2/c6-2-1-5-3-7-4-8-5/h1-4H,(H,7,8)/b2-1+. The van der Waals surface area contributed by atoms with Gasteiger partial charge < -0.3 is 4.98 Å². The fourth-order valence-corrected chi connectivity index (χ4v) is 0.710. The van der Waals surface area contributed by atoms with E-state index in [4.69, 9.17) is 0 Å². The Kier molecular flexibility index (Phi) is 1.86. The molecule has 0 aliphatic heterocycles. The minimum Gasteiger partial charge on any atom is -0.345 e. The zero-order valence-electron chi connectivity index (χ0n) is 4.13. The number of H-pyrrole nitrogens is 1. The molecule has 0 spiro atoms. The van der Waals surface area contributed by atoms with E-state index in [1.165, 1.54) is 0 Å². The Morgan fingerprint density at radius 1 is 1.75 bits per heavy atom. The van der Waals surface area contributed by atoms with Crippen LogP contribution in [0.15, 0.2) is 17.5 Å². The van der Waals surface area contributed by atoms with Gasteiger partial charge in [-0.1, -0.05) is 15.9 Å². The van der Waals surface area contributed by atoms with E-state index in [0.29, 0.717) is 0 Å². The van der Waals surface area contributed by atoms with Crippen LogP contribution in [0.4, 0.5) is 0 Å². The summed E-state index contributed by atoms with van der Waals surface area (Å²) in [7, 11) is 0. The molecule has 0 saturated carbocycles. The fourth-order valence-electron chi connectivity index (χ4n) is 0.426. The highest BCUT2D eigenvalue weighted by Crippen LogP contribution is 1.95. The molecule has 0 bridgehead atoms. The summed E-state index contributed by atoms with van der Waals surface area (Å²) < 4.78 is 0. The smallest absolute Gasteiger partial charge is 0.0924 e. The summed E-state index contributed by atoms with van der Waals surface area (Å²) in [5, 5.41) is 0. The minimum absolute atomic E-state index is 1.00. The molecule has 0 aromatic carbocycles. The van der Waals surface area contributed by atoms with Crippen molar-refractivity contribution in [3.05, 3.63) is 23.2 Å². The lowest BCUT2D eigenvalue weighted by Gasteiger charge is -1.75. The van der Waals surface area contributed by atoms with Gasteiger partial charge in [0.05, 0.1) is 18.2 Å². The Morgan fingerprint density at radius 2 is 2.62 bits per heavy atom. The van der Waals surface area contributed by atoms with E-state index in [1.54, 1.807) is 17.5 Å². The van der Waals surface area contributed by atoms with Crippen molar-refractivity contribution in [2.75, 3.05) is 0 Å². The van der Waals surface area contributed by atoms with Crippen molar-refractivity contribution in [2.45, 2.75) is 0 Å². The molecule has 1 aromatic heterocycles. The summed E-state index contributed by atoms with van der Waals surface area (Å²) in [5.41, 5.74) is 1.00. The van der Waals surface area contributed by atoms with Crippen LogP contribution in [0.1, 0.15) is 5.69 Å². The molecule has 42 valence electrons. The van der Waals surface area contributed by atoms with Gasteiger partial charge in [0.1, 0.15) is 0 Å². The second-order valence-electron chi connectivity index (χ2n) is 1.30. The van der Waals surface area contributed by atoms with Crippen molar-refractivity contribution in [2.24, 2.45) is 0 Å². The normalized spacial score (nSPS) is 10.6. The van der Waals surface area contributed by atoms with Crippen molar-refractivity contribution in [3.8, 4) is 0 Å². The Balaban J connectivity index is 2.77. The van der Waals surface area contributed by atoms with Crippen molar-refractivity contribution < 1.29 is 0 Å². The third-order valence-electron chi connectivity index (χ3n) is 0.762. The van der Waals surface area contributed by atoms with E-state index in [0.717, 1.165) is 5.69 Å². The van der Waals surface area contributed by atoms with Gasteiger partial charge >= 0.3 is 0 Å². The molecule has 1 heterocycles. The zero-order valence-corrected chi connectivity index (χ0v) is 5.72. The summed E-state index contributed by atoms with van der Waals surface area (Å²) >= 11 is 3.14. The Morgan fingerprint density at radius 3 is 3.12 bits per heavy atom. The van der Waals surface area contributed by atoms with E-state index in [2.05, 4.69) is 25.9 Å². The molecule has 0 radical (unpaired) electrons. The first kappa shape index (κ1) is 5.56. The lowest BCUT2D eigenvalue weighted by Crippen LogP contribution is -1.62. The predicted molar refractivity (Wildman–Crippen MR) is 36.5 cm³/mol. The Labute approximate surface area is 55.8 Å². The van der Waals surface area contributed by atoms with E-state index in [1.807, 2.05) is 6.08 Å². The third kappa shape index (κ3) is 1.20. The molecule has 0 fully saturated rings. The van der Waals surface area contributed by atoms with E-state index in [9.17, 15) is 0 Å². The van der Waals surface area contributed by atoms with E-state index in [-0.39, 0.29) is 0 Å². The molecular weight excluding hydrogens is 168 g/mol. The van der Waals surface area contributed by atoms with Gasteiger partial charge in [-0.25, -0.2) is 4.98 Å². The second-order valence-corrected chi connectivity index (χ2v) is 1.83. The molecule has 0 unspecified atom stereocenters. The highest BCUT2D eigenvalue weighted by molar-refractivity contribution is 9.11. The van der Waals surface area contributed by atoms with Crippen molar-refractivity contribution in [3.63, 3.8) is 0 Å². The number of imidazole rings is 1. The topological polar surface area (TPSA) is 28.7 Å². The van der Waals surface area contributed by atoms with E-state index < -0.39 is 0 Å². The molecule has 8 heavy (non-hydrogen) atoms. The predicted octanol–water partition coefficient (Wildman–Crippen LogP) is 1.78. The van der Waals surface area contributed by atoms with Gasteiger partial charge in [0.2, 0.25) is 0 Å². The molecule has 3 heteroatoms. The van der Waals surface area contributed by atoms with Gasteiger partial charge in [0.15, 0.2) is 0 Å². The molecular formula is C5H5BrN2. The fraction of sp³-hybridized carbons (Fsp3) is 0. The van der Waals surface area contributed by atoms with Crippen LogP contribution in [-0.2, 0) is 0 Å². The number of halogens is 1.